The molecule has 1 aromatic carbocycles. The Morgan fingerprint density at radius 2 is 2.12 bits per heavy atom. The number of amides is 1. The molecule has 0 spiro atoms. The van der Waals surface area contributed by atoms with Gasteiger partial charge in [-0.3, -0.25) is 4.79 Å². The van der Waals surface area contributed by atoms with Gasteiger partial charge in [0.2, 0.25) is 5.91 Å². The Balaban J connectivity index is 2.04. The second-order valence-electron chi connectivity index (χ2n) is 4.16. The van der Waals surface area contributed by atoms with Gasteiger partial charge in [-0.2, -0.15) is 0 Å². The Bertz CT molecular complexity index is 416. The molecule has 4 nitrogen and oxygen atoms in total. The van der Waals surface area contributed by atoms with E-state index in [0.717, 1.165) is 31.7 Å². The van der Waals surface area contributed by atoms with E-state index in [9.17, 15) is 4.79 Å². The van der Waals surface area contributed by atoms with Gasteiger partial charge in [0.15, 0.2) is 0 Å². The summed E-state index contributed by atoms with van der Waals surface area (Å²) in [7, 11) is 0. The number of rotatable bonds is 2. The molecule has 1 aliphatic rings. The molecule has 5 heteroatoms. The van der Waals surface area contributed by atoms with Crippen LogP contribution in [0.3, 0.4) is 0 Å². The lowest BCUT2D eigenvalue weighted by atomic mass is 10.1. The molecule has 0 unspecified atom stereocenters. The Morgan fingerprint density at radius 3 is 2.82 bits per heavy atom. The molecule has 1 saturated heterocycles. The summed E-state index contributed by atoms with van der Waals surface area (Å²) in [5, 5.41) is 3.81. The number of nitrogens with zero attached hydrogens (tertiary/aromatic N) is 1. The van der Waals surface area contributed by atoms with Gasteiger partial charge in [-0.05, 0) is 23.8 Å². The van der Waals surface area contributed by atoms with E-state index in [-0.39, 0.29) is 5.91 Å². The van der Waals surface area contributed by atoms with Gasteiger partial charge in [0, 0.05) is 36.9 Å². The molecule has 0 atom stereocenters. The van der Waals surface area contributed by atoms with Crippen LogP contribution >= 0.6 is 11.6 Å². The zero-order valence-electron chi connectivity index (χ0n) is 9.58. The minimum absolute atomic E-state index is 0.110. The Labute approximate surface area is 106 Å². The van der Waals surface area contributed by atoms with E-state index >= 15 is 0 Å². The number of carbonyl (C=O) groups is 1. The highest BCUT2D eigenvalue weighted by Crippen LogP contribution is 2.20. The molecule has 3 N–H and O–H groups in total. The molecule has 0 aliphatic carbocycles. The zero-order valence-corrected chi connectivity index (χ0v) is 10.3. The quantitative estimate of drug-likeness (QED) is 0.770. The van der Waals surface area contributed by atoms with Crippen molar-refractivity contribution in [2.75, 3.05) is 31.9 Å². The van der Waals surface area contributed by atoms with Crippen molar-refractivity contribution >= 4 is 23.2 Å². The van der Waals surface area contributed by atoms with Crippen molar-refractivity contribution < 1.29 is 4.79 Å². The summed E-state index contributed by atoms with van der Waals surface area (Å²) in [6.07, 6.45) is 0.323. The van der Waals surface area contributed by atoms with Gasteiger partial charge >= 0.3 is 0 Å². The summed E-state index contributed by atoms with van der Waals surface area (Å²) < 4.78 is 0. The van der Waals surface area contributed by atoms with E-state index in [4.69, 9.17) is 17.3 Å². The maximum atomic E-state index is 12.0. The normalized spacial score (nSPS) is 15.9. The molecule has 0 saturated carbocycles. The first kappa shape index (κ1) is 12.2. The van der Waals surface area contributed by atoms with Crippen molar-refractivity contribution in [1.82, 2.24) is 10.2 Å². The molecular weight excluding hydrogens is 238 g/mol. The maximum Gasteiger partial charge on any atom is 0.227 e. The van der Waals surface area contributed by atoms with Crippen LogP contribution in [0.25, 0.3) is 0 Å². The Hall–Kier alpha value is -1.26. The first-order valence-electron chi connectivity index (χ1n) is 5.69. The minimum atomic E-state index is 0.110. The lowest BCUT2D eigenvalue weighted by Crippen LogP contribution is -2.46. The van der Waals surface area contributed by atoms with E-state index in [0.29, 0.717) is 17.1 Å². The molecular formula is C12H16ClN3O. The first-order chi connectivity index (χ1) is 8.16. The molecule has 1 fully saturated rings. The zero-order chi connectivity index (χ0) is 12.3. The fourth-order valence-corrected chi connectivity index (χ4v) is 2.10. The molecule has 2 rings (SSSR count). The van der Waals surface area contributed by atoms with Crippen molar-refractivity contribution in [3.8, 4) is 0 Å². The third-order valence-electron chi connectivity index (χ3n) is 2.88. The summed E-state index contributed by atoms with van der Waals surface area (Å²) in [6, 6.07) is 5.24. The van der Waals surface area contributed by atoms with E-state index in [2.05, 4.69) is 5.32 Å². The molecule has 92 valence electrons. The highest BCUT2D eigenvalue weighted by atomic mass is 35.5. The average Bonchev–Trinajstić information content (AvgIpc) is 2.35. The molecule has 0 bridgehead atoms. The number of anilines is 1. The second-order valence-corrected chi connectivity index (χ2v) is 4.57. The van der Waals surface area contributed by atoms with E-state index in [1.54, 1.807) is 18.2 Å². The number of halogens is 1. The van der Waals surface area contributed by atoms with Gasteiger partial charge < -0.3 is 16.0 Å². The number of carbonyl (C=O) groups excluding carboxylic acids is 1. The van der Waals surface area contributed by atoms with Gasteiger partial charge in [0.25, 0.3) is 0 Å². The molecule has 1 heterocycles. The van der Waals surface area contributed by atoms with Crippen LogP contribution in [0.15, 0.2) is 18.2 Å². The van der Waals surface area contributed by atoms with Gasteiger partial charge in [0.05, 0.1) is 6.42 Å². The van der Waals surface area contributed by atoms with Gasteiger partial charge in [-0.1, -0.05) is 11.6 Å². The standard InChI is InChI=1S/C12H16ClN3O/c13-11-2-1-10(14)7-9(11)8-12(17)16-5-3-15-4-6-16/h1-2,7,15H,3-6,8,14H2. The fraction of sp³-hybridized carbons (Fsp3) is 0.417. The molecule has 0 radical (unpaired) electrons. The Kier molecular flexibility index (Phi) is 3.86. The molecule has 1 aromatic rings. The minimum Gasteiger partial charge on any atom is -0.399 e. The van der Waals surface area contributed by atoms with Crippen LogP contribution in [0.5, 0.6) is 0 Å². The fourth-order valence-electron chi connectivity index (χ4n) is 1.92. The predicted octanol–water partition coefficient (Wildman–Crippen LogP) is 0.896. The van der Waals surface area contributed by atoms with Crippen LogP contribution in [0.2, 0.25) is 5.02 Å². The van der Waals surface area contributed by atoms with Crippen LogP contribution < -0.4 is 11.1 Å². The van der Waals surface area contributed by atoms with Crippen LogP contribution in [0.4, 0.5) is 5.69 Å². The van der Waals surface area contributed by atoms with Crippen LogP contribution in [-0.2, 0) is 11.2 Å². The van der Waals surface area contributed by atoms with Crippen LogP contribution in [0.1, 0.15) is 5.56 Å². The van der Waals surface area contributed by atoms with Crippen LogP contribution in [-0.4, -0.2) is 37.0 Å². The molecule has 1 amide bonds. The average molecular weight is 254 g/mol. The summed E-state index contributed by atoms with van der Waals surface area (Å²) >= 11 is 6.04. The van der Waals surface area contributed by atoms with Gasteiger partial charge in [-0.15, -0.1) is 0 Å². The number of nitrogens with one attached hydrogen (secondary N) is 1. The van der Waals surface area contributed by atoms with Crippen molar-refractivity contribution in [3.63, 3.8) is 0 Å². The number of piperazine rings is 1. The van der Waals surface area contributed by atoms with Gasteiger partial charge in [0.1, 0.15) is 0 Å². The van der Waals surface area contributed by atoms with E-state index < -0.39 is 0 Å². The van der Waals surface area contributed by atoms with Crippen molar-refractivity contribution in [1.29, 1.82) is 0 Å². The van der Waals surface area contributed by atoms with Crippen molar-refractivity contribution in [2.24, 2.45) is 0 Å². The number of nitrogens with two attached hydrogens (primary N) is 1. The lowest BCUT2D eigenvalue weighted by molar-refractivity contribution is -0.131. The highest BCUT2D eigenvalue weighted by Gasteiger charge is 2.17. The summed E-state index contributed by atoms with van der Waals surface area (Å²) in [4.78, 5) is 13.9. The monoisotopic (exact) mass is 253 g/mol. The summed E-state index contributed by atoms with van der Waals surface area (Å²) in [6.45, 7) is 3.24. The topological polar surface area (TPSA) is 58.4 Å². The van der Waals surface area contributed by atoms with Crippen molar-refractivity contribution in [3.05, 3.63) is 28.8 Å². The third-order valence-corrected chi connectivity index (χ3v) is 3.25. The maximum absolute atomic E-state index is 12.0. The number of hydrogen-bond acceptors (Lipinski definition) is 3. The van der Waals surface area contributed by atoms with Gasteiger partial charge in [-0.25, -0.2) is 0 Å². The number of benzene rings is 1. The van der Waals surface area contributed by atoms with Crippen LogP contribution in [0, 0.1) is 0 Å². The summed E-state index contributed by atoms with van der Waals surface area (Å²) in [5.74, 6) is 0.110. The second kappa shape index (κ2) is 5.38. The third kappa shape index (κ3) is 3.11. The number of nitrogen functional groups attached to an aromatic ring is 1. The van der Waals surface area contributed by atoms with Crippen molar-refractivity contribution in [2.45, 2.75) is 6.42 Å². The molecule has 0 aromatic heterocycles. The lowest BCUT2D eigenvalue weighted by Gasteiger charge is -2.27. The first-order valence-corrected chi connectivity index (χ1v) is 6.07. The van der Waals surface area contributed by atoms with E-state index in [1.165, 1.54) is 0 Å². The highest BCUT2D eigenvalue weighted by molar-refractivity contribution is 6.31. The molecule has 17 heavy (non-hydrogen) atoms. The predicted molar refractivity (Wildman–Crippen MR) is 69.0 cm³/mol. The largest absolute Gasteiger partial charge is 0.399 e. The number of hydrogen-bond donors (Lipinski definition) is 2. The molecule has 1 aliphatic heterocycles. The van der Waals surface area contributed by atoms with E-state index in [1.807, 2.05) is 4.90 Å². The SMILES string of the molecule is Nc1ccc(Cl)c(CC(=O)N2CCNCC2)c1. The Morgan fingerprint density at radius 1 is 1.41 bits per heavy atom. The smallest absolute Gasteiger partial charge is 0.227 e. The summed E-state index contributed by atoms with van der Waals surface area (Å²) in [5.41, 5.74) is 7.13.